The summed E-state index contributed by atoms with van der Waals surface area (Å²) in [6, 6.07) is 17.5. The molecule has 1 unspecified atom stereocenters. The Labute approximate surface area is 119 Å². The average Bonchev–Trinajstić information content (AvgIpc) is 2.48. The van der Waals surface area contributed by atoms with E-state index in [0.717, 1.165) is 16.8 Å². The summed E-state index contributed by atoms with van der Waals surface area (Å²) in [6.45, 7) is 3.85. The van der Waals surface area contributed by atoms with Gasteiger partial charge in [-0.05, 0) is 31.5 Å². The number of carbonyl (C=O) groups excluding carboxylic acids is 1. The first-order valence-electron chi connectivity index (χ1n) is 6.55. The first-order valence-corrected chi connectivity index (χ1v) is 6.55. The standard InChI is InChI=1S/C17H19NO2/c1-13-9-11-14(12-10-13)17(2,16(19)20-3)18-15-7-5-4-6-8-15/h4-12,18H,1-3H3. The first-order chi connectivity index (χ1) is 9.56. The highest BCUT2D eigenvalue weighted by Crippen LogP contribution is 2.27. The van der Waals surface area contributed by atoms with Crippen molar-refractivity contribution in [2.75, 3.05) is 12.4 Å². The predicted molar refractivity (Wildman–Crippen MR) is 80.6 cm³/mol. The van der Waals surface area contributed by atoms with Gasteiger partial charge in [0.1, 0.15) is 0 Å². The number of hydrogen-bond donors (Lipinski definition) is 1. The quantitative estimate of drug-likeness (QED) is 0.863. The Hall–Kier alpha value is -2.29. The van der Waals surface area contributed by atoms with Gasteiger partial charge >= 0.3 is 5.97 Å². The minimum absolute atomic E-state index is 0.315. The number of benzene rings is 2. The second-order valence-electron chi connectivity index (χ2n) is 4.97. The molecular weight excluding hydrogens is 250 g/mol. The van der Waals surface area contributed by atoms with Crippen LogP contribution in [0.4, 0.5) is 5.69 Å². The maximum Gasteiger partial charge on any atom is 0.335 e. The van der Waals surface area contributed by atoms with Crippen LogP contribution in [-0.4, -0.2) is 13.1 Å². The van der Waals surface area contributed by atoms with Gasteiger partial charge in [-0.15, -0.1) is 0 Å². The minimum Gasteiger partial charge on any atom is -0.467 e. The molecule has 2 aromatic carbocycles. The summed E-state index contributed by atoms with van der Waals surface area (Å²) in [6.07, 6.45) is 0. The molecular formula is C17H19NO2. The third-order valence-corrected chi connectivity index (χ3v) is 3.39. The number of ether oxygens (including phenoxy) is 1. The Balaban J connectivity index is 2.40. The number of esters is 1. The second kappa shape index (κ2) is 5.78. The summed E-state index contributed by atoms with van der Waals surface area (Å²) in [5.41, 5.74) is 1.99. The number of methoxy groups -OCH3 is 1. The van der Waals surface area contributed by atoms with Crippen molar-refractivity contribution in [1.29, 1.82) is 0 Å². The fraction of sp³-hybridized carbons (Fsp3) is 0.235. The summed E-state index contributed by atoms with van der Waals surface area (Å²) >= 11 is 0. The number of aryl methyl sites for hydroxylation is 1. The van der Waals surface area contributed by atoms with Crippen LogP contribution < -0.4 is 5.32 Å². The van der Waals surface area contributed by atoms with E-state index in [0.29, 0.717) is 0 Å². The summed E-state index contributed by atoms with van der Waals surface area (Å²) in [5.74, 6) is -0.315. The monoisotopic (exact) mass is 269 g/mol. The number of nitrogens with one attached hydrogen (secondary N) is 1. The van der Waals surface area contributed by atoms with Crippen molar-refractivity contribution in [3.8, 4) is 0 Å². The van der Waals surface area contributed by atoms with E-state index in [1.807, 2.05) is 68.4 Å². The van der Waals surface area contributed by atoms with Crippen molar-refractivity contribution >= 4 is 11.7 Å². The van der Waals surface area contributed by atoms with Gasteiger partial charge in [-0.1, -0.05) is 48.0 Å². The lowest BCUT2D eigenvalue weighted by molar-refractivity contribution is -0.145. The minimum atomic E-state index is -0.913. The van der Waals surface area contributed by atoms with Crippen LogP contribution in [0.5, 0.6) is 0 Å². The molecule has 0 aliphatic carbocycles. The molecule has 0 aliphatic rings. The molecule has 2 aromatic rings. The van der Waals surface area contributed by atoms with E-state index in [9.17, 15) is 4.79 Å². The molecule has 0 amide bonds. The van der Waals surface area contributed by atoms with Crippen LogP contribution in [0, 0.1) is 6.92 Å². The Morgan fingerprint density at radius 3 is 2.20 bits per heavy atom. The van der Waals surface area contributed by atoms with Gasteiger partial charge in [0.15, 0.2) is 5.54 Å². The fourth-order valence-electron chi connectivity index (χ4n) is 2.14. The van der Waals surface area contributed by atoms with Gasteiger partial charge in [0.2, 0.25) is 0 Å². The number of carbonyl (C=O) groups is 1. The summed E-state index contributed by atoms with van der Waals surface area (Å²) < 4.78 is 4.97. The average molecular weight is 269 g/mol. The van der Waals surface area contributed by atoms with E-state index in [1.54, 1.807) is 0 Å². The number of rotatable bonds is 4. The lowest BCUT2D eigenvalue weighted by Crippen LogP contribution is -2.41. The Morgan fingerprint density at radius 2 is 1.65 bits per heavy atom. The molecule has 0 aromatic heterocycles. The molecule has 20 heavy (non-hydrogen) atoms. The largest absolute Gasteiger partial charge is 0.467 e. The van der Waals surface area contributed by atoms with Crippen molar-refractivity contribution in [3.05, 3.63) is 65.7 Å². The fourth-order valence-corrected chi connectivity index (χ4v) is 2.14. The van der Waals surface area contributed by atoms with E-state index >= 15 is 0 Å². The molecule has 0 heterocycles. The van der Waals surface area contributed by atoms with Crippen molar-refractivity contribution in [1.82, 2.24) is 0 Å². The molecule has 3 nitrogen and oxygen atoms in total. The van der Waals surface area contributed by atoms with Gasteiger partial charge in [-0.3, -0.25) is 0 Å². The lowest BCUT2D eigenvalue weighted by Gasteiger charge is -2.29. The van der Waals surface area contributed by atoms with Crippen molar-refractivity contribution in [2.45, 2.75) is 19.4 Å². The van der Waals surface area contributed by atoms with Crippen molar-refractivity contribution < 1.29 is 9.53 Å². The summed E-state index contributed by atoms with van der Waals surface area (Å²) in [4.78, 5) is 12.2. The van der Waals surface area contributed by atoms with E-state index in [4.69, 9.17) is 4.74 Å². The highest BCUT2D eigenvalue weighted by molar-refractivity contribution is 5.85. The molecule has 0 fully saturated rings. The van der Waals surface area contributed by atoms with Crippen LogP contribution in [0.3, 0.4) is 0 Å². The smallest absolute Gasteiger partial charge is 0.335 e. The lowest BCUT2D eigenvalue weighted by atomic mass is 9.91. The molecule has 1 atom stereocenters. The van der Waals surface area contributed by atoms with Gasteiger partial charge < -0.3 is 10.1 Å². The van der Waals surface area contributed by atoms with E-state index < -0.39 is 5.54 Å². The molecule has 0 saturated carbocycles. The van der Waals surface area contributed by atoms with Crippen molar-refractivity contribution in [2.24, 2.45) is 0 Å². The van der Waals surface area contributed by atoms with E-state index in [-0.39, 0.29) is 5.97 Å². The van der Waals surface area contributed by atoms with Gasteiger partial charge in [-0.2, -0.15) is 0 Å². The molecule has 1 N–H and O–H groups in total. The molecule has 3 heteroatoms. The van der Waals surface area contributed by atoms with E-state index in [1.165, 1.54) is 7.11 Å². The Morgan fingerprint density at radius 1 is 1.05 bits per heavy atom. The van der Waals surface area contributed by atoms with Crippen LogP contribution in [0.25, 0.3) is 0 Å². The number of hydrogen-bond acceptors (Lipinski definition) is 3. The third-order valence-electron chi connectivity index (χ3n) is 3.39. The van der Waals surface area contributed by atoms with Crippen LogP contribution >= 0.6 is 0 Å². The zero-order valence-corrected chi connectivity index (χ0v) is 12.0. The topological polar surface area (TPSA) is 38.3 Å². The van der Waals surface area contributed by atoms with Gasteiger partial charge in [0.25, 0.3) is 0 Å². The highest BCUT2D eigenvalue weighted by atomic mass is 16.5. The molecule has 0 radical (unpaired) electrons. The van der Waals surface area contributed by atoms with Crippen LogP contribution in [0.2, 0.25) is 0 Å². The normalized spacial score (nSPS) is 13.3. The molecule has 0 spiro atoms. The van der Waals surface area contributed by atoms with Gasteiger partial charge in [0.05, 0.1) is 7.11 Å². The van der Waals surface area contributed by atoms with E-state index in [2.05, 4.69) is 5.32 Å². The zero-order valence-electron chi connectivity index (χ0n) is 12.0. The predicted octanol–water partition coefficient (Wildman–Crippen LogP) is 3.50. The molecule has 104 valence electrons. The number of anilines is 1. The summed E-state index contributed by atoms with van der Waals surface area (Å²) in [5, 5.41) is 3.27. The maximum atomic E-state index is 12.2. The Kier molecular flexibility index (Phi) is 4.08. The SMILES string of the molecule is COC(=O)C(C)(Nc1ccccc1)c1ccc(C)cc1. The second-order valence-corrected chi connectivity index (χ2v) is 4.97. The molecule has 0 bridgehead atoms. The van der Waals surface area contributed by atoms with Gasteiger partial charge in [0, 0.05) is 5.69 Å². The Bertz CT molecular complexity index is 578. The summed E-state index contributed by atoms with van der Waals surface area (Å²) in [7, 11) is 1.40. The third kappa shape index (κ3) is 2.82. The molecule has 0 aliphatic heterocycles. The van der Waals surface area contributed by atoms with Crippen LogP contribution in [0.1, 0.15) is 18.1 Å². The maximum absolute atomic E-state index is 12.2. The van der Waals surface area contributed by atoms with Crippen LogP contribution in [0.15, 0.2) is 54.6 Å². The van der Waals surface area contributed by atoms with Crippen molar-refractivity contribution in [3.63, 3.8) is 0 Å². The van der Waals surface area contributed by atoms with Crippen LogP contribution in [-0.2, 0) is 15.1 Å². The number of para-hydroxylation sites is 1. The first kappa shape index (κ1) is 14.1. The highest BCUT2D eigenvalue weighted by Gasteiger charge is 2.36. The molecule has 2 rings (SSSR count). The zero-order chi connectivity index (χ0) is 14.6. The molecule has 0 saturated heterocycles. The van der Waals surface area contributed by atoms with Gasteiger partial charge in [-0.25, -0.2) is 4.79 Å².